The van der Waals surface area contributed by atoms with Gasteiger partial charge in [0.15, 0.2) is 11.5 Å². The predicted molar refractivity (Wildman–Crippen MR) is 102 cm³/mol. The number of aromatic amines is 1. The highest BCUT2D eigenvalue weighted by Crippen LogP contribution is 2.32. The van der Waals surface area contributed by atoms with E-state index in [9.17, 15) is 4.79 Å². The van der Waals surface area contributed by atoms with Crippen LogP contribution in [0.25, 0.3) is 11.1 Å². The molecule has 3 aromatic rings. The van der Waals surface area contributed by atoms with Gasteiger partial charge in [-0.2, -0.15) is 5.10 Å². The molecule has 8 heteroatoms. The normalized spacial score (nSPS) is 10.4. The molecule has 1 heterocycles. The Labute approximate surface area is 162 Å². The average Bonchev–Trinajstić information content (AvgIpc) is 3.26. The van der Waals surface area contributed by atoms with Crippen molar-refractivity contribution in [2.75, 3.05) is 20.3 Å². The molecule has 0 spiro atoms. The summed E-state index contributed by atoms with van der Waals surface area (Å²) in [7, 11) is 1.59. The van der Waals surface area contributed by atoms with Gasteiger partial charge in [-0.3, -0.25) is 5.10 Å². The standard InChI is InChI=1S/C20H21N3O5/c1-26-17-4-2-3-14(9-17)11-21-20(25)28-18-6-5-15(16-12-22-23-13-16)10-19(18)27-8-7-24/h2-6,9-10,12-13,24H,7-8,11H2,1H3,(H,21,25)(H,22,23). The van der Waals surface area contributed by atoms with Crippen LogP contribution in [0.5, 0.6) is 17.2 Å². The van der Waals surface area contributed by atoms with Crippen LogP contribution in [0.1, 0.15) is 5.56 Å². The fourth-order valence-corrected chi connectivity index (χ4v) is 2.54. The van der Waals surface area contributed by atoms with E-state index < -0.39 is 6.09 Å². The molecule has 3 rings (SSSR count). The number of hydrogen-bond acceptors (Lipinski definition) is 6. The van der Waals surface area contributed by atoms with Crippen LogP contribution in [-0.4, -0.2) is 41.7 Å². The first-order valence-corrected chi connectivity index (χ1v) is 8.65. The maximum Gasteiger partial charge on any atom is 0.413 e. The molecule has 0 aliphatic heterocycles. The molecule has 146 valence electrons. The number of aliphatic hydroxyl groups excluding tert-OH is 1. The number of nitrogens with zero attached hydrogens (tertiary/aromatic N) is 1. The fraction of sp³-hybridized carbons (Fsp3) is 0.200. The molecule has 0 fully saturated rings. The third-order valence-corrected chi connectivity index (χ3v) is 3.90. The van der Waals surface area contributed by atoms with Gasteiger partial charge < -0.3 is 24.6 Å². The summed E-state index contributed by atoms with van der Waals surface area (Å²) in [6, 6.07) is 12.5. The average molecular weight is 383 g/mol. The summed E-state index contributed by atoms with van der Waals surface area (Å²) >= 11 is 0. The van der Waals surface area contributed by atoms with Crippen LogP contribution < -0.4 is 19.5 Å². The van der Waals surface area contributed by atoms with E-state index in [0.29, 0.717) is 11.5 Å². The number of aromatic nitrogens is 2. The van der Waals surface area contributed by atoms with Crippen molar-refractivity contribution in [1.29, 1.82) is 0 Å². The highest BCUT2D eigenvalue weighted by Gasteiger charge is 2.13. The number of hydrogen-bond donors (Lipinski definition) is 3. The lowest BCUT2D eigenvalue weighted by Gasteiger charge is -2.13. The highest BCUT2D eigenvalue weighted by atomic mass is 16.6. The Morgan fingerprint density at radius 1 is 1.18 bits per heavy atom. The molecule has 8 nitrogen and oxygen atoms in total. The van der Waals surface area contributed by atoms with Gasteiger partial charge >= 0.3 is 6.09 Å². The monoisotopic (exact) mass is 383 g/mol. The molecular weight excluding hydrogens is 362 g/mol. The van der Waals surface area contributed by atoms with Crippen LogP contribution >= 0.6 is 0 Å². The summed E-state index contributed by atoms with van der Waals surface area (Å²) < 4.78 is 16.1. The topological polar surface area (TPSA) is 106 Å². The Hall–Kier alpha value is -3.52. The van der Waals surface area contributed by atoms with Gasteiger partial charge in [-0.25, -0.2) is 4.79 Å². The van der Waals surface area contributed by atoms with Crippen molar-refractivity contribution >= 4 is 6.09 Å². The summed E-state index contributed by atoms with van der Waals surface area (Å²) in [5.74, 6) is 1.32. The molecule has 0 aliphatic carbocycles. The van der Waals surface area contributed by atoms with Gasteiger partial charge in [0.2, 0.25) is 0 Å². The van der Waals surface area contributed by atoms with E-state index in [1.54, 1.807) is 37.7 Å². The van der Waals surface area contributed by atoms with E-state index in [4.69, 9.17) is 19.3 Å². The number of amides is 1. The van der Waals surface area contributed by atoms with Crippen molar-refractivity contribution in [2.24, 2.45) is 0 Å². The number of nitrogens with one attached hydrogen (secondary N) is 2. The summed E-state index contributed by atoms with van der Waals surface area (Å²) in [5, 5.41) is 18.4. The first kappa shape index (κ1) is 19.2. The van der Waals surface area contributed by atoms with E-state index in [0.717, 1.165) is 16.7 Å². The molecule has 28 heavy (non-hydrogen) atoms. The second-order valence-electron chi connectivity index (χ2n) is 5.82. The van der Waals surface area contributed by atoms with Crippen LogP contribution in [0.15, 0.2) is 54.9 Å². The van der Waals surface area contributed by atoms with Gasteiger partial charge in [0, 0.05) is 18.3 Å². The molecule has 0 saturated heterocycles. The smallest absolute Gasteiger partial charge is 0.413 e. The van der Waals surface area contributed by atoms with E-state index in [1.165, 1.54) is 0 Å². The Kier molecular flexibility index (Phi) is 6.48. The Morgan fingerprint density at radius 2 is 2.07 bits per heavy atom. The summed E-state index contributed by atoms with van der Waals surface area (Å²) in [6.45, 7) is 0.212. The van der Waals surface area contributed by atoms with Crippen molar-refractivity contribution in [3.8, 4) is 28.4 Å². The van der Waals surface area contributed by atoms with Crippen molar-refractivity contribution < 1.29 is 24.1 Å². The number of carbonyl (C=O) groups is 1. The first-order valence-electron chi connectivity index (χ1n) is 8.65. The lowest BCUT2D eigenvalue weighted by Crippen LogP contribution is -2.26. The lowest BCUT2D eigenvalue weighted by atomic mass is 10.1. The third-order valence-electron chi connectivity index (χ3n) is 3.90. The largest absolute Gasteiger partial charge is 0.497 e. The zero-order chi connectivity index (χ0) is 19.8. The molecule has 0 radical (unpaired) electrons. The van der Waals surface area contributed by atoms with E-state index in [1.807, 2.05) is 24.3 Å². The van der Waals surface area contributed by atoms with E-state index >= 15 is 0 Å². The minimum atomic E-state index is -0.618. The molecule has 0 atom stereocenters. The second kappa shape index (κ2) is 9.43. The van der Waals surface area contributed by atoms with Gasteiger partial charge in [0.25, 0.3) is 0 Å². The predicted octanol–water partition coefficient (Wildman–Crippen LogP) is 2.75. The zero-order valence-electron chi connectivity index (χ0n) is 15.3. The maximum absolute atomic E-state index is 12.2. The number of H-pyrrole nitrogens is 1. The SMILES string of the molecule is COc1cccc(CNC(=O)Oc2ccc(-c3cn[nH]c3)cc2OCCO)c1. The molecule has 0 saturated carbocycles. The first-order chi connectivity index (χ1) is 13.7. The van der Waals surface area contributed by atoms with Gasteiger partial charge in [0.05, 0.1) is 19.9 Å². The Morgan fingerprint density at radius 3 is 2.82 bits per heavy atom. The Bertz CT molecular complexity index is 912. The number of rotatable bonds is 8. The minimum absolute atomic E-state index is 0.0800. The van der Waals surface area contributed by atoms with Crippen LogP contribution in [0.2, 0.25) is 0 Å². The fourth-order valence-electron chi connectivity index (χ4n) is 2.54. The molecule has 3 N–H and O–H groups in total. The molecule has 0 aliphatic rings. The van der Waals surface area contributed by atoms with Crippen LogP contribution in [0.3, 0.4) is 0 Å². The van der Waals surface area contributed by atoms with E-state index in [-0.39, 0.29) is 25.5 Å². The van der Waals surface area contributed by atoms with Gasteiger partial charge in [0.1, 0.15) is 12.4 Å². The number of benzene rings is 2. The second-order valence-corrected chi connectivity index (χ2v) is 5.82. The zero-order valence-corrected chi connectivity index (χ0v) is 15.3. The van der Waals surface area contributed by atoms with Crippen molar-refractivity contribution in [3.05, 3.63) is 60.4 Å². The Balaban J connectivity index is 1.68. The third kappa shape index (κ3) is 5.01. The minimum Gasteiger partial charge on any atom is -0.497 e. The van der Waals surface area contributed by atoms with Crippen molar-refractivity contribution in [2.45, 2.75) is 6.54 Å². The maximum atomic E-state index is 12.2. The summed E-state index contributed by atoms with van der Waals surface area (Å²) in [6.07, 6.45) is 2.80. The number of methoxy groups -OCH3 is 1. The summed E-state index contributed by atoms with van der Waals surface area (Å²) in [4.78, 5) is 12.2. The quantitative estimate of drug-likeness (QED) is 0.552. The van der Waals surface area contributed by atoms with Gasteiger partial charge in [-0.1, -0.05) is 18.2 Å². The number of ether oxygens (including phenoxy) is 3. The molecular formula is C20H21N3O5. The highest BCUT2D eigenvalue weighted by molar-refractivity contribution is 5.73. The number of aliphatic hydroxyl groups is 1. The molecule has 0 unspecified atom stereocenters. The number of carbonyl (C=O) groups excluding carboxylic acids is 1. The van der Waals surface area contributed by atoms with Gasteiger partial charge in [-0.05, 0) is 35.4 Å². The van der Waals surface area contributed by atoms with Gasteiger partial charge in [-0.15, -0.1) is 0 Å². The lowest BCUT2D eigenvalue weighted by molar-refractivity contribution is 0.185. The molecule has 1 amide bonds. The van der Waals surface area contributed by atoms with Crippen LogP contribution in [0.4, 0.5) is 4.79 Å². The van der Waals surface area contributed by atoms with Crippen molar-refractivity contribution in [3.63, 3.8) is 0 Å². The molecule has 2 aromatic carbocycles. The van der Waals surface area contributed by atoms with Crippen LogP contribution in [0, 0.1) is 0 Å². The van der Waals surface area contributed by atoms with E-state index in [2.05, 4.69) is 15.5 Å². The van der Waals surface area contributed by atoms with Crippen molar-refractivity contribution in [1.82, 2.24) is 15.5 Å². The van der Waals surface area contributed by atoms with Crippen LogP contribution in [-0.2, 0) is 6.54 Å². The molecule has 1 aromatic heterocycles. The summed E-state index contributed by atoms with van der Waals surface area (Å²) in [5.41, 5.74) is 2.58. The molecule has 0 bridgehead atoms.